The van der Waals surface area contributed by atoms with E-state index in [9.17, 15) is 5.11 Å². The summed E-state index contributed by atoms with van der Waals surface area (Å²) >= 11 is 6.42. The Morgan fingerprint density at radius 3 is 2.76 bits per heavy atom. The van der Waals surface area contributed by atoms with Gasteiger partial charge in [0, 0.05) is 48.1 Å². The number of nitrogens with zero attached hydrogens (tertiary/aromatic N) is 3. The number of nitrogens with one attached hydrogen (secondary N) is 2. The predicted octanol–water partition coefficient (Wildman–Crippen LogP) is 3.88. The molecule has 1 aliphatic heterocycles. The highest BCUT2D eigenvalue weighted by atomic mass is 35.5. The van der Waals surface area contributed by atoms with Crippen molar-refractivity contribution in [2.75, 3.05) is 38.7 Å². The molecule has 1 unspecified atom stereocenters. The van der Waals surface area contributed by atoms with Crippen molar-refractivity contribution in [3.63, 3.8) is 0 Å². The van der Waals surface area contributed by atoms with Crippen LogP contribution in [-0.4, -0.2) is 65.4 Å². The predicted molar refractivity (Wildman–Crippen MR) is 131 cm³/mol. The lowest BCUT2D eigenvalue weighted by atomic mass is 10.1. The van der Waals surface area contributed by atoms with Crippen LogP contribution in [0.2, 0.25) is 5.02 Å². The number of benzene rings is 1. The Morgan fingerprint density at radius 1 is 1.24 bits per heavy atom. The van der Waals surface area contributed by atoms with E-state index in [1.165, 1.54) is 0 Å². The third-order valence-electron chi connectivity index (χ3n) is 5.69. The number of ether oxygens (including phenoxy) is 2. The third-order valence-corrected chi connectivity index (χ3v) is 5.90. The summed E-state index contributed by atoms with van der Waals surface area (Å²) in [4.78, 5) is 4.95. The fourth-order valence-electron chi connectivity index (χ4n) is 4.01. The summed E-state index contributed by atoms with van der Waals surface area (Å²) in [6, 6.07) is 8.09. The minimum Gasteiger partial charge on any atom is -0.491 e. The Morgan fingerprint density at radius 2 is 2.03 bits per heavy atom. The van der Waals surface area contributed by atoms with Crippen LogP contribution in [0.25, 0.3) is 22.3 Å². The van der Waals surface area contributed by atoms with E-state index < -0.39 is 6.10 Å². The minimum absolute atomic E-state index is 0.170. The van der Waals surface area contributed by atoms with E-state index in [1.807, 2.05) is 23.0 Å². The Labute approximate surface area is 199 Å². The van der Waals surface area contributed by atoms with Crippen LogP contribution < -0.4 is 15.4 Å². The van der Waals surface area contributed by atoms with Crippen LogP contribution in [0.1, 0.15) is 32.7 Å². The first-order valence-corrected chi connectivity index (χ1v) is 11.8. The van der Waals surface area contributed by atoms with Crippen molar-refractivity contribution in [1.29, 1.82) is 0 Å². The standard InChI is InChI=1S/C24H32ClN5O3/c1-15(2)30-24-21(13-27-30)23(28-18-4-6-32-7-5-18)11-22(29-24)16-8-17(25)10-20(9-16)33-14-19(31)12-26-3/h8-11,13,15,18-19,26,31H,4-7,12,14H2,1-3H3,(H,28,29). The first kappa shape index (κ1) is 23.8. The van der Waals surface area contributed by atoms with E-state index in [0.29, 0.717) is 23.4 Å². The number of aromatic nitrogens is 3. The summed E-state index contributed by atoms with van der Waals surface area (Å²) in [5.41, 5.74) is 3.45. The fourth-order valence-corrected chi connectivity index (χ4v) is 4.23. The van der Waals surface area contributed by atoms with Gasteiger partial charge in [-0.05, 0) is 58.0 Å². The van der Waals surface area contributed by atoms with Crippen LogP contribution >= 0.6 is 11.6 Å². The zero-order chi connectivity index (χ0) is 23.4. The molecule has 0 aliphatic carbocycles. The summed E-state index contributed by atoms with van der Waals surface area (Å²) in [5.74, 6) is 0.589. The summed E-state index contributed by atoms with van der Waals surface area (Å²) in [6.45, 7) is 6.33. The topological polar surface area (TPSA) is 93.5 Å². The quantitative estimate of drug-likeness (QED) is 0.434. The van der Waals surface area contributed by atoms with E-state index in [-0.39, 0.29) is 12.6 Å². The van der Waals surface area contributed by atoms with Crippen LogP contribution in [0, 0.1) is 0 Å². The van der Waals surface area contributed by atoms with Crippen LogP contribution in [0.15, 0.2) is 30.5 Å². The number of aliphatic hydroxyl groups is 1. The molecular weight excluding hydrogens is 442 g/mol. The lowest BCUT2D eigenvalue weighted by molar-refractivity contribution is 0.0905. The number of pyridine rings is 1. The van der Waals surface area contributed by atoms with Crippen molar-refractivity contribution in [1.82, 2.24) is 20.1 Å². The van der Waals surface area contributed by atoms with E-state index in [2.05, 4.69) is 35.6 Å². The molecule has 1 saturated heterocycles. The molecular formula is C24H32ClN5O3. The maximum atomic E-state index is 9.98. The van der Waals surface area contributed by atoms with Gasteiger partial charge in [-0.2, -0.15) is 5.10 Å². The highest BCUT2D eigenvalue weighted by Gasteiger charge is 2.19. The molecule has 8 nitrogen and oxygen atoms in total. The number of anilines is 1. The molecule has 0 bridgehead atoms. The maximum absolute atomic E-state index is 9.98. The monoisotopic (exact) mass is 473 g/mol. The summed E-state index contributed by atoms with van der Waals surface area (Å²) in [7, 11) is 1.79. The third kappa shape index (κ3) is 5.76. The average Bonchev–Trinajstić information content (AvgIpc) is 3.23. The van der Waals surface area contributed by atoms with Crippen LogP contribution in [0.3, 0.4) is 0 Å². The molecule has 1 aromatic carbocycles. The van der Waals surface area contributed by atoms with Gasteiger partial charge < -0.3 is 25.2 Å². The number of rotatable bonds is 9. The minimum atomic E-state index is -0.609. The zero-order valence-corrected chi connectivity index (χ0v) is 20.1. The van der Waals surface area contributed by atoms with Gasteiger partial charge in [-0.25, -0.2) is 9.67 Å². The van der Waals surface area contributed by atoms with Crippen LogP contribution in [0.5, 0.6) is 5.75 Å². The van der Waals surface area contributed by atoms with Crippen molar-refractivity contribution < 1.29 is 14.6 Å². The Bertz CT molecular complexity index is 1080. The molecule has 0 amide bonds. The second-order valence-corrected chi connectivity index (χ2v) is 9.14. The van der Waals surface area contributed by atoms with Gasteiger partial charge in [0.2, 0.25) is 0 Å². The van der Waals surface area contributed by atoms with Crippen LogP contribution in [-0.2, 0) is 4.74 Å². The second kappa shape index (κ2) is 10.7. The normalized spacial score (nSPS) is 15.8. The van der Waals surface area contributed by atoms with E-state index in [0.717, 1.165) is 54.0 Å². The molecule has 0 spiro atoms. The molecule has 178 valence electrons. The van der Waals surface area contributed by atoms with Gasteiger partial charge in [0.1, 0.15) is 18.5 Å². The molecule has 3 aromatic rings. The molecule has 0 radical (unpaired) electrons. The van der Waals surface area contributed by atoms with Gasteiger partial charge in [-0.15, -0.1) is 0 Å². The van der Waals surface area contributed by atoms with Crippen molar-refractivity contribution in [2.24, 2.45) is 0 Å². The largest absolute Gasteiger partial charge is 0.491 e. The maximum Gasteiger partial charge on any atom is 0.160 e. The average molecular weight is 474 g/mol. The fraction of sp³-hybridized carbons (Fsp3) is 0.500. The lowest BCUT2D eigenvalue weighted by Crippen LogP contribution is -2.29. The Kier molecular flexibility index (Phi) is 7.70. The first-order valence-electron chi connectivity index (χ1n) is 11.4. The SMILES string of the molecule is CNCC(O)COc1cc(Cl)cc(-c2cc(NC3CCOCC3)c3cnn(C(C)C)c3n2)c1. The summed E-state index contributed by atoms with van der Waals surface area (Å²) in [5, 5.41) is 22.7. The Hall–Kier alpha value is -2.39. The van der Waals surface area contributed by atoms with Gasteiger partial charge in [-0.3, -0.25) is 0 Å². The van der Waals surface area contributed by atoms with Crippen molar-refractivity contribution in [2.45, 2.75) is 44.9 Å². The molecule has 3 N–H and O–H groups in total. The van der Waals surface area contributed by atoms with Crippen molar-refractivity contribution >= 4 is 28.3 Å². The molecule has 0 saturated carbocycles. The molecule has 9 heteroatoms. The van der Waals surface area contributed by atoms with Crippen molar-refractivity contribution in [3.05, 3.63) is 35.5 Å². The molecule has 2 aromatic heterocycles. The number of halogens is 1. The van der Waals surface area contributed by atoms with Gasteiger partial charge >= 0.3 is 0 Å². The van der Waals surface area contributed by atoms with Crippen molar-refractivity contribution in [3.8, 4) is 17.0 Å². The highest BCUT2D eigenvalue weighted by Crippen LogP contribution is 2.33. The first-order chi connectivity index (χ1) is 15.9. The smallest absolute Gasteiger partial charge is 0.160 e. The summed E-state index contributed by atoms with van der Waals surface area (Å²) in [6.07, 6.45) is 3.19. The van der Waals surface area contributed by atoms with Gasteiger partial charge in [0.15, 0.2) is 5.65 Å². The van der Waals surface area contributed by atoms with Gasteiger partial charge in [-0.1, -0.05) is 11.6 Å². The zero-order valence-electron chi connectivity index (χ0n) is 19.3. The van der Waals surface area contributed by atoms with E-state index >= 15 is 0 Å². The van der Waals surface area contributed by atoms with E-state index in [1.54, 1.807) is 13.1 Å². The lowest BCUT2D eigenvalue weighted by Gasteiger charge is -2.24. The highest BCUT2D eigenvalue weighted by molar-refractivity contribution is 6.31. The summed E-state index contributed by atoms with van der Waals surface area (Å²) < 4.78 is 13.3. The Balaban J connectivity index is 1.71. The number of fused-ring (bicyclic) bond motifs is 1. The molecule has 4 rings (SSSR count). The van der Waals surface area contributed by atoms with Crippen LogP contribution in [0.4, 0.5) is 5.69 Å². The molecule has 3 heterocycles. The van der Waals surface area contributed by atoms with Gasteiger partial charge in [0.25, 0.3) is 0 Å². The number of hydrogen-bond donors (Lipinski definition) is 3. The molecule has 1 atom stereocenters. The van der Waals surface area contributed by atoms with E-state index in [4.69, 9.17) is 26.1 Å². The second-order valence-electron chi connectivity index (χ2n) is 8.70. The van der Waals surface area contributed by atoms with Gasteiger partial charge in [0.05, 0.1) is 17.3 Å². The number of aliphatic hydroxyl groups excluding tert-OH is 1. The number of likely N-dealkylation sites (N-methyl/N-ethyl adjacent to an activating group) is 1. The number of hydrogen-bond acceptors (Lipinski definition) is 7. The molecule has 1 aliphatic rings. The molecule has 33 heavy (non-hydrogen) atoms. The molecule has 1 fully saturated rings.